The second-order valence-corrected chi connectivity index (χ2v) is 4.43. The summed E-state index contributed by atoms with van der Waals surface area (Å²) in [5.41, 5.74) is 1.36. The van der Waals surface area contributed by atoms with E-state index >= 15 is 0 Å². The molecule has 2 rings (SSSR count). The van der Waals surface area contributed by atoms with Crippen LogP contribution in [0.4, 0.5) is 4.39 Å². The highest BCUT2D eigenvalue weighted by Crippen LogP contribution is 2.29. The number of benzene rings is 1. The Balaban J connectivity index is 2.12. The molecule has 16 heavy (non-hydrogen) atoms. The molecule has 1 fully saturated rings. The third kappa shape index (κ3) is 2.42. The van der Waals surface area contributed by atoms with E-state index in [4.69, 9.17) is 4.74 Å². The van der Waals surface area contributed by atoms with Gasteiger partial charge in [0.05, 0.1) is 12.7 Å². The molecule has 2 atom stereocenters. The van der Waals surface area contributed by atoms with Crippen LogP contribution in [0.25, 0.3) is 0 Å². The summed E-state index contributed by atoms with van der Waals surface area (Å²) in [4.78, 5) is 0. The van der Waals surface area contributed by atoms with Crippen molar-refractivity contribution in [1.82, 2.24) is 0 Å². The first-order valence-electron chi connectivity index (χ1n) is 5.70. The molecule has 0 aromatic heterocycles. The molecule has 2 unspecified atom stereocenters. The normalized spacial score (nSPS) is 23.1. The lowest BCUT2D eigenvalue weighted by Gasteiger charge is -2.27. The van der Waals surface area contributed by atoms with Gasteiger partial charge in [-0.1, -0.05) is 12.1 Å². The van der Waals surface area contributed by atoms with Crippen LogP contribution in [0.3, 0.4) is 0 Å². The van der Waals surface area contributed by atoms with E-state index in [1.54, 1.807) is 19.1 Å². The van der Waals surface area contributed by atoms with Crippen LogP contribution in [-0.4, -0.2) is 18.3 Å². The first-order valence-corrected chi connectivity index (χ1v) is 5.70. The predicted molar refractivity (Wildman–Crippen MR) is 59.6 cm³/mol. The second-order valence-electron chi connectivity index (χ2n) is 4.43. The Hall–Kier alpha value is -0.930. The van der Waals surface area contributed by atoms with Crippen molar-refractivity contribution in [2.24, 2.45) is 5.92 Å². The highest BCUT2D eigenvalue weighted by atomic mass is 19.1. The van der Waals surface area contributed by atoms with Crippen LogP contribution in [0.5, 0.6) is 0 Å². The van der Waals surface area contributed by atoms with E-state index in [0.29, 0.717) is 12.2 Å². The molecule has 0 saturated carbocycles. The zero-order chi connectivity index (χ0) is 11.5. The Morgan fingerprint density at radius 3 is 2.94 bits per heavy atom. The highest BCUT2D eigenvalue weighted by Gasteiger charge is 2.23. The van der Waals surface area contributed by atoms with Crippen molar-refractivity contribution in [1.29, 1.82) is 0 Å². The third-order valence-electron chi connectivity index (χ3n) is 3.17. The van der Waals surface area contributed by atoms with Gasteiger partial charge < -0.3 is 9.84 Å². The van der Waals surface area contributed by atoms with Gasteiger partial charge in [0, 0.05) is 12.5 Å². The van der Waals surface area contributed by atoms with Gasteiger partial charge in [-0.2, -0.15) is 0 Å². The molecule has 0 bridgehead atoms. The summed E-state index contributed by atoms with van der Waals surface area (Å²) < 4.78 is 18.4. The fourth-order valence-electron chi connectivity index (χ4n) is 2.14. The zero-order valence-corrected chi connectivity index (χ0v) is 9.45. The van der Waals surface area contributed by atoms with Crippen molar-refractivity contribution < 1.29 is 14.2 Å². The molecule has 3 heteroatoms. The minimum Gasteiger partial charge on any atom is -0.388 e. The Bertz CT molecular complexity index is 359. The fraction of sp³-hybridized carbons (Fsp3) is 0.538. The molecule has 0 amide bonds. The molecule has 1 aliphatic rings. The average molecular weight is 224 g/mol. The Morgan fingerprint density at radius 1 is 1.50 bits per heavy atom. The van der Waals surface area contributed by atoms with Crippen molar-refractivity contribution in [2.45, 2.75) is 25.9 Å². The van der Waals surface area contributed by atoms with Gasteiger partial charge in [0.15, 0.2) is 0 Å². The molecule has 1 aliphatic heterocycles. The maximum atomic E-state index is 13.1. The first-order chi connectivity index (χ1) is 7.68. The Morgan fingerprint density at radius 2 is 2.31 bits per heavy atom. The molecule has 1 heterocycles. The standard InChI is InChI=1S/C13H17FO2/c1-9-7-10(4-5-12(9)14)13(15)11-3-2-6-16-8-11/h4-5,7,11,13,15H,2-3,6,8H2,1H3. The summed E-state index contributed by atoms with van der Waals surface area (Å²) >= 11 is 0. The van der Waals surface area contributed by atoms with Crippen LogP contribution in [0, 0.1) is 18.7 Å². The number of hydrogen-bond donors (Lipinski definition) is 1. The van der Waals surface area contributed by atoms with Crippen molar-refractivity contribution in [2.75, 3.05) is 13.2 Å². The van der Waals surface area contributed by atoms with Gasteiger partial charge >= 0.3 is 0 Å². The molecule has 0 spiro atoms. The molecule has 1 aromatic rings. The zero-order valence-electron chi connectivity index (χ0n) is 9.45. The minimum absolute atomic E-state index is 0.138. The Kier molecular flexibility index (Phi) is 3.56. The van der Waals surface area contributed by atoms with Gasteiger partial charge in [0.1, 0.15) is 5.82 Å². The second kappa shape index (κ2) is 4.93. The summed E-state index contributed by atoms with van der Waals surface area (Å²) in [6.07, 6.45) is 1.42. The van der Waals surface area contributed by atoms with Gasteiger partial charge in [-0.25, -0.2) is 4.39 Å². The Labute approximate surface area is 95.1 Å². The smallest absolute Gasteiger partial charge is 0.126 e. The van der Waals surface area contributed by atoms with Crippen LogP contribution >= 0.6 is 0 Å². The van der Waals surface area contributed by atoms with Crippen LogP contribution in [-0.2, 0) is 4.74 Å². The van der Waals surface area contributed by atoms with Gasteiger partial charge in [-0.15, -0.1) is 0 Å². The van der Waals surface area contributed by atoms with E-state index in [1.165, 1.54) is 6.07 Å². The lowest BCUT2D eigenvalue weighted by molar-refractivity contribution is -0.01000. The SMILES string of the molecule is Cc1cc(C(O)C2CCCOC2)ccc1F. The molecule has 1 aromatic carbocycles. The summed E-state index contributed by atoms with van der Waals surface area (Å²) in [6, 6.07) is 4.79. The quantitative estimate of drug-likeness (QED) is 0.836. The minimum atomic E-state index is -0.542. The van der Waals surface area contributed by atoms with Gasteiger partial charge in [-0.05, 0) is 37.0 Å². The topological polar surface area (TPSA) is 29.5 Å². The molecular formula is C13H17FO2. The van der Waals surface area contributed by atoms with Gasteiger partial charge in [-0.3, -0.25) is 0 Å². The van der Waals surface area contributed by atoms with Crippen LogP contribution in [0.2, 0.25) is 0 Å². The summed E-state index contributed by atoms with van der Waals surface area (Å²) in [7, 11) is 0. The van der Waals surface area contributed by atoms with E-state index < -0.39 is 6.10 Å². The molecule has 0 radical (unpaired) electrons. The monoisotopic (exact) mass is 224 g/mol. The van der Waals surface area contributed by atoms with Crippen molar-refractivity contribution in [3.63, 3.8) is 0 Å². The number of rotatable bonds is 2. The number of aryl methyl sites for hydroxylation is 1. The summed E-state index contributed by atoms with van der Waals surface area (Å²) in [6.45, 7) is 3.09. The molecule has 0 aliphatic carbocycles. The summed E-state index contributed by atoms with van der Waals surface area (Å²) in [5, 5.41) is 10.2. The molecule has 2 nitrogen and oxygen atoms in total. The largest absolute Gasteiger partial charge is 0.388 e. The predicted octanol–water partition coefficient (Wildman–Crippen LogP) is 2.59. The number of aliphatic hydroxyl groups excluding tert-OH is 1. The third-order valence-corrected chi connectivity index (χ3v) is 3.17. The molecule has 1 N–H and O–H groups in total. The van der Waals surface area contributed by atoms with E-state index in [2.05, 4.69) is 0 Å². The highest BCUT2D eigenvalue weighted by molar-refractivity contribution is 5.26. The average Bonchev–Trinajstić information content (AvgIpc) is 2.33. The lowest BCUT2D eigenvalue weighted by Crippen LogP contribution is -2.23. The number of aliphatic hydroxyl groups is 1. The number of halogens is 1. The van der Waals surface area contributed by atoms with E-state index in [0.717, 1.165) is 25.0 Å². The summed E-state index contributed by atoms with van der Waals surface area (Å²) in [5.74, 6) is -0.0885. The van der Waals surface area contributed by atoms with Crippen molar-refractivity contribution in [3.8, 4) is 0 Å². The first kappa shape index (κ1) is 11.6. The molecular weight excluding hydrogens is 207 g/mol. The van der Waals surface area contributed by atoms with Crippen LogP contribution < -0.4 is 0 Å². The maximum absolute atomic E-state index is 13.1. The van der Waals surface area contributed by atoms with E-state index in [-0.39, 0.29) is 11.7 Å². The van der Waals surface area contributed by atoms with E-state index in [9.17, 15) is 9.50 Å². The molecule has 1 saturated heterocycles. The van der Waals surface area contributed by atoms with Gasteiger partial charge in [0.25, 0.3) is 0 Å². The van der Waals surface area contributed by atoms with Crippen molar-refractivity contribution in [3.05, 3.63) is 35.1 Å². The maximum Gasteiger partial charge on any atom is 0.126 e. The molecule has 88 valence electrons. The van der Waals surface area contributed by atoms with Crippen molar-refractivity contribution >= 4 is 0 Å². The van der Waals surface area contributed by atoms with Gasteiger partial charge in [0.2, 0.25) is 0 Å². The fourth-order valence-corrected chi connectivity index (χ4v) is 2.14. The van der Waals surface area contributed by atoms with E-state index in [1.807, 2.05) is 0 Å². The number of ether oxygens (including phenoxy) is 1. The van der Waals surface area contributed by atoms with Crippen LogP contribution in [0.1, 0.15) is 30.1 Å². The number of hydrogen-bond acceptors (Lipinski definition) is 2. The van der Waals surface area contributed by atoms with Crippen LogP contribution in [0.15, 0.2) is 18.2 Å². The lowest BCUT2D eigenvalue weighted by atomic mass is 9.90.